The first-order valence-corrected chi connectivity index (χ1v) is 12.1. The van der Waals surface area contributed by atoms with Crippen molar-refractivity contribution in [2.24, 2.45) is 0 Å². The van der Waals surface area contributed by atoms with Crippen LogP contribution in [0.5, 0.6) is 0 Å². The van der Waals surface area contributed by atoms with Crippen LogP contribution in [0.25, 0.3) is 5.69 Å². The van der Waals surface area contributed by atoms with Crippen molar-refractivity contribution in [1.29, 1.82) is 0 Å². The number of amides is 2. The van der Waals surface area contributed by atoms with E-state index >= 15 is 0 Å². The molecule has 4 rings (SSSR count). The molecule has 0 spiro atoms. The molecule has 7 nitrogen and oxygen atoms in total. The Hall–Kier alpha value is -2.32. The van der Waals surface area contributed by atoms with Crippen LogP contribution in [0.2, 0.25) is 0 Å². The zero-order chi connectivity index (χ0) is 21.8. The van der Waals surface area contributed by atoms with Gasteiger partial charge in [-0.05, 0) is 51.8 Å². The van der Waals surface area contributed by atoms with E-state index in [2.05, 4.69) is 22.2 Å². The van der Waals surface area contributed by atoms with E-state index in [9.17, 15) is 9.59 Å². The number of hydrogen-bond donors (Lipinski definition) is 1. The van der Waals surface area contributed by atoms with Crippen LogP contribution in [-0.2, 0) is 9.59 Å². The summed E-state index contributed by atoms with van der Waals surface area (Å²) in [5.41, 5.74) is 2.46. The lowest BCUT2D eigenvalue weighted by atomic mass is 10.0. The Morgan fingerprint density at radius 2 is 2.06 bits per heavy atom. The van der Waals surface area contributed by atoms with E-state index in [1.807, 2.05) is 41.9 Å². The molecule has 0 radical (unpaired) electrons. The van der Waals surface area contributed by atoms with Crippen molar-refractivity contribution in [2.45, 2.75) is 50.6 Å². The van der Waals surface area contributed by atoms with Crippen molar-refractivity contribution < 1.29 is 9.59 Å². The van der Waals surface area contributed by atoms with Gasteiger partial charge in [0.05, 0.1) is 22.8 Å². The minimum absolute atomic E-state index is 0.0355. The lowest BCUT2D eigenvalue weighted by Crippen LogP contribution is -2.44. The lowest BCUT2D eigenvalue weighted by molar-refractivity contribution is -0.123. The minimum atomic E-state index is -0.121. The van der Waals surface area contributed by atoms with Crippen LogP contribution in [-0.4, -0.2) is 64.5 Å². The molecule has 2 aromatic rings. The van der Waals surface area contributed by atoms with Crippen LogP contribution in [0, 0.1) is 6.92 Å². The average molecular weight is 442 g/mol. The number of nitrogens with zero attached hydrogens (tertiary/aromatic N) is 4. The number of rotatable bonds is 7. The molecule has 1 unspecified atom stereocenters. The quantitative estimate of drug-likeness (QED) is 0.669. The summed E-state index contributed by atoms with van der Waals surface area (Å²) in [6.07, 6.45) is 4.78. The predicted octanol–water partition coefficient (Wildman–Crippen LogP) is 3.00. The van der Waals surface area contributed by atoms with Crippen molar-refractivity contribution in [2.75, 3.05) is 36.8 Å². The van der Waals surface area contributed by atoms with Gasteiger partial charge in [-0.25, -0.2) is 4.68 Å². The first kappa shape index (κ1) is 21.9. The minimum Gasteiger partial charge on any atom is -0.355 e. The highest BCUT2D eigenvalue weighted by atomic mass is 32.2. The van der Waals surface area contributed by atoms with Gasteiger partial charge in [0.15, 0.2) is 0 Å². The summed E-state index contributed by atoms with van der Waals surface area (Å²) >= 11 is 1.48. The molecule has 1 saturated heterocycles. The van der Waals surface area contributed by atoms with E-state index in [-0.39, 0.29) is 18.4 Å². The second kappa shape index (κ2) is 9.87. The van der Waals surface area contributed by atoms with Crippen molar-refractivity contribution in [1.82, 2.24) is 20.0 Å². The van der Waals surface area contributed by atoms with Crippen LogP contribution < -0.4 is 10.2 Å². The van der Waals surface area contributed by atoms with E-state index in [0.717, 1.165) is 41.6 Å². The number of aromatic nitrogens is 2. The number of anilines is 1. The van der Waals surface area contributed by atoms with Crippen molar-refractivity contribution in [3.63, 3.8) is 0 Å². The average Bonchev–Trinajstić information content (AvgIpc) is 3.11. The second-order valence-corrected chi connectivity index (χ2v) is 9.30. The third-order valence-electron chi connectivity index (χ3n) is 6.08. The predicted molar refractivity (Wildman–Crippen MR) is 124 cm³/mol. The van der Waals surface area contributed by atoms with E-state index < -0.39 is 0 Å². The molecule has 2 aliphatic rings. The Bertz CT molecular complexity index is 930. The van der Waals surface area contributed by atoms with Crippen LogP contribution in [0.3, 0.4) is 0 Å². The molecule has 166 valence electrons. The number of aryl methyl sites for hydroxylation is 1. The van der Waals surface area contributed by atoms with Crippen LogP contribution in [0.4, 0.5) is 5.69 Å². The monoisotopic (exact) mass is 441 g/mol. The fourth-order valence-electron chi connectivity index (χ4n) is 4.38. The van der Waals surface area contributed by atoms with Gasteiger partial charge in [0.25, 0.3) is 0 Å². The third kappa shape index (κ3) is 4.96. The molecule has 0 saturated carbocycles. The Morgan fingerprint density at radius 1 is 1.26 bits per heavy atom. The van der Waals surface area contributed by atoms with Crippen LogP contribution >= 0.6 is 11.8 Å². The first-order chi connectivity index (χ1) is 15.0. The molecule has 1 aromatic heterocycles. The van der Waals surface area contributed by atoms with Gasteiger partial charge >= 0.3 is 0 Å². The number of thioether (sulfide) groups is 1. The van der Waals surface area contributed by atoms with Crippen molar-refractivity contribution >= 4 is 29.3 Å². The smallest absolute Gasteiger partial charge is 0.240 e. The van der Waals surface area contributed by atoms with Gasteiger partial charge in [0.1, 0.15) is 11.6 Å². The van der Waals surface area contributed by atoms with Gasteiger partial charge in [0.2, 0.25) is 11.8 Å². The van der Waals surface area contributed by atoms with E-state index in [0.29, 0.717) is 18.3 Å². The van der Waals surface area contributed by atoms with Crippen LogP contribution in [0.15, 0.2) is 35.4 Å². The standard InChI is InChI=1S/C23H31N5O2S/c1-17-9-6-7-13-26(17)14-8-12-24-20(29)15-27-21(30)16-31-23-22(27)18(2)25-28(23)19-10-4-3-5-11-19/h3-5,10-11,17H,6-9,12-16H2,1-2H3,(H,24,29). The molecular formula is C23H31N5O2S. The number of piperidine rings is 1. The van der Waals surface area contributed by atoms with Gasteiger partial charge in [-0.1, -0.05) is 36.4 Å². The third-order valence-corrected chi connectivity index (χ3v) is 7.11. The normalized spacial score (nSPS) is 19.4. The number of carbonyl (C=O) groups is 2. The van der Waals surface area contributed by atoms with Crippen molar-refractivity contribution in [3.05, 3.63) is 36.0 Å². The number of fused-ring (bicyclic) bond motifs is 1. The number of nitrogens with one attached hydrogen (secondary N) is 1. The maximum absolute atomic E-state index is 12.6. The highest BCUT2D eigenvalue weighted by Gasteiger charge is 2.32. The fraction of sp³-hybridized carbons (Fsp3) is 0.522. The summed E-state index contributed by atoms with van der Waals surface area (Å²) in [7, 11) is 0. The van der Waals surface area contributed by atoms with Crippen LogP contribution in [0.1, 0.15) is 38.3 Å². The molecule has 3 heterocycles. The SMILES string of the molecule is Cc1nn(-c2ccccc2)c2c1N(CC(=O)NCCCN1CCCCC1C)C(=O)CS2. The van der Waals surface area contributed by atoms with Crippen molar-refractivity contribution in [3.8, 4) is 5.69 Å². The fourth-order valence-corrected chi connectivity index (χ4v) is 5.46. The Labute approximate surface area is 188 Å². The summed E-state index contributed by atoms with van der Waals surface area (Å²) in [4.78, 5) is 29.4. The number of hydrogen-bond acceptors (Lipinski definition) is 5. The van der Waals surface area contributed by atoms with E-state index in [1.54, 1.807) is 4.90 Å². The van der Waals surface area contributed by atoms with Gasteiger partial charge < -0.3 is 10.2 Å². The Balaban J connectivity index is 1.37. The Morgan fingerprint density at radius 3 is 2.84 bits per heavy atom. The molecule has 0 aliphatic carbocycles. The molecule has 31 heavy (non-hydrogen) atoms. The Kier molecular flexibility index (Phi) is 6.97. The van der Waals surface area contributed by atoms with Gasteiger partial charge in [-0.3, -0.25) is 14.5 Å². The number of para-hydroxylation sites is 1. The maximum Gasteiger partial charge on any atom is 0.240 e. The molecule has 1 aromatic carbocycles. The molecular weight excluding hydrogens is 410 g/mol. The largest absolute Gasteiger partial charge is 0.355 e. The van der Waals surface area contributed by atoms with Gasteiger partial charge in [0, 0.05) is 19.1 Å². The molecule has 2 aliphatic heterocycles. The molecule has 2 amide bonds. The number of carbonyl (C=O) groups excluding carboxylic acids is 2. The second-order valence-electron chi connectivity index (χ2n) is 8.34. The summed E-state index contributed by atoms with van der Waals surface area (Å²) < 4.78 is 1.87. The maximum atomic E-state index is 12.6. The summed E-state index contributed by atoms with van der Waals surface area (Å²) in [6.45, 7) is 7.01. The zero-order valence-electron chi connectivity index (χ0n) is 18.3. The highest BCUT2D eigenvalue weighted by molar-refractivity contribution is 8.00. The van der Waals surface area contributed by atoms with Gasteiger partial charge in [-0.15, -0.1) is 0 Å². The number of likely N-dealkylation sites (tertiary alicyclic amines) is 1. The zero-order valence-corrected chi connectivity index (χ0v) is 19.2. The summed E-state index contributed by atoms with van der Waals surface area (Å²) in [6, 6.07) is 10.5. The molecule has 1 fully saturated rings. The molecule has 0 bridgehead atoms. The van der Waals surface area contributed by atoms with E-state index in [1.165, 1.54) is 31.0 Å². The topological polar surface area (TPSA) is 70.5 Å². The van der Waals surface area contributed by atoms with Gasteiger partial charge in [-0.2, -0.15) is 5.10 Å². The summed E-state index contributed by atoms with van der Waals surface area (Å²) in [5, 5.41) is 8.57. The molecule has 1 N–H and O–H groups in total. The molecule has 1 atom stereocenters. The highest BCUT2D eigenvalue weighted by Crippen LogP contribution is 2.39. The molecule has 8 heteroatoms. The van der Waals surface area contributed by atoms with E-state index in [4.69, 9.17) is 0 Å². The number of benzene rings is 1. The lowest BCUT2D eigenvalue weighted by Gasteiger charge is -2.33. The first-order valence-electron chi connectivity index (χ1n) is 11.1. The summed E-state index contributed by atoms with van der Waals surface area (Å²) in [5.74, 6) is 0.140.